The van der Waals surface area contributed by atoms with Gasteiger partial charge >= 0.3 is 6.09 Å². The van der Waals surface area contributed by atoms with Gasteiger partial charge in [0.1, 0.15) is 12.6 Å². The number of rotatable bonds is 2. The molecular weight excluding hydrogens is 244 g/mol. The van der Waals surface area contributed by atoms with Crippen LogP contribution in [-0.4, -0.2) is 24.6 Å². The highest BCUT2D eigenvalue weighted by Crippen LogP contribution is 2.19. The third-order valence-corrected chi connectivity index (χ3v) is 2.67. The molecule has 1 aliphatic rings. The number of cyclic esters (lactones) is 1. The number of halogens is 1. The first kappa shape index (κ1) is 11.7. The minimum atomic E-state index is -0.641. The van der Waals surface area contributed by atoms with Crippen LogP contribution < -0.4 is 10.6 Å². The van der Waals surface area contributed by atoms with Gasteiger partial charge < -0.3 is 15.4 Å². The summed E-state index contributed by atoms with van der Waals surface area (Å²) in [5.41, 5.74) is 1.52. The second-order valence-electron chi connectivity index (χ2n) is 3.74. The zero-order valence-electron chi connectivity index (χ0n) is 9.12. The highest BCUT2D eigenvalue weighted by atomic mass is 35.5. The van der Waals surface area contributed by atoms with E-state index in [1.807, 2.05) is 6.92 Å². The van der Waals surface area contributed by atoms with Crippen LogP contribution in [0.15, 0.2) is 18.2 Å². The molecule has 1 fully saturated rings. The van der Waals surface area contributed by atoms with Gasteiger partial charge in [-0.3, -0.25) is 4.79 Å². The molecule has 1 saturated heterocycles. The van der Waals surface area contributed by atoms with Crippen LogP contribution in [0.2, 0.25) is 5.02 Å². The molecule has 0 spiro atoms. The van der Waals surface area contributed by atoms with Gasteiger partial charge in [0.15, 0.2) is 0 Å². The lowest BCUT2D eigenvalue weighted by atomic mass is 10.2. The van der Waals surface area contributed by atoms with Gasteiger partial charge in [-0.2, -0.15) is 0 Å². The summed E-state index contributed by atoms with van der Waals surface area (Å²) in [6.45, 7) is 1.89. The number of ether oxygens (including phenoxy) is 1. The molecule has 1 aromatic rings. The number of hydrogen-bond donors (Lipinski definition) is 2. The van der Waals surface area contributed by atoms with Gasteiger partial charge in [0, 0.05) is 10.7 Å². The van der Waals surface area contributed by atoms with Crippen molar-refractivity contribution in [3.8, 4) is 0 Å². The van der Waals surface area contributed by atoms with Gasteiger partial charge in [-0.05, 0) is 30.7 Å². The summed E-state index contributed by atoms with van der Waals surface area (Å²) in [6.07, 6.45) is -0.571. The van der Waals surface area contributed by atoms with Gasteiger partial charge in [-0.15, -0.1) is 0 Å². The molecule has 1 atom stereocenters. The van der Waals surface area contributed by atoms with E-state index in [-0.39, 0.29) is 12.5 Å². The maximum absolute atomic E-state index is 11.8. The molecule has 1 aromatic carbocycles. The molecule has 2 rings (SSSR count). The highest BCUT2D eigenvalue weighted by molar-refractivity contribution is 6.30. The van der Waals surface area contributed by atoms with E-state index < -0.39 is 12.1 Å². The molecule has 6 heteroatoms. The number of carbonyl (C=O) groups is 2. The van der Waals surface area contributed by atoms with Gasteiger partial charge in [0.05, 0.1) is 0 Å². The minimum Gasteiger partial charge on any atom is -0.447 e. The number of anilines is 1. The molecule has 1 aliphatic heterocycles. The molecule has 90 valence electrons. The fraction of sp³-hybridized carbons (Fsp3) is 0.273. The molecule has 5 nitrogen and oxygen atoms in total. The van der Waals surface area contributed by atoms with Crippen LogP contribution in [0.4, 0.5) is 10.5 Å². The second kappa shape index (κ2) is 4.63. The molecule has 17 heavy (non-hydrogen) atoms. The average Bonchev–Trinajstić information content (AvgIpc) is 2.69. The summed E-state index contributed by atoms with van der Waals surface area (Å²) >= 11 is 5.81. The van der Waals surface area contributed by atoms with Crippen LogP contribution in [0, 0.1) is 6.92 Å². The fourth-order valence-corrected chi connectivity index (χ4v) is 1.74. The smallest absolute Gasteiger partial charge is 0.407 e. The predicted molar refractivity (Wildman–Crippen MR) is 63.1 cm³/mol. The maximum Gasteiger partial charge on any atom is 0.407 e. The number of benzene rings is 1. The number of hydrogen-bond acceptors (Lipinski definition) is 3. The van der Waals surface area contributed by atoms with E-state index in [0.717, 1.165) is 5.56 Å². The van der Waals surface area contributed by atoms with Crippen molar-refractivity contribution in [3.05, 3.63) is 28.8 Å². The lowest BCUT2D eigenvalue weighted by Crippen LogP contribution is -2.38. The molecule has 1 heterocycles. The van der Waals surface area contributed by atoms with Crippen molar-refractivity contribution in [2.24, 2.45) is 0 Å². The Kier molecular flexibility index (Phi) is 3.19. The van der Waals surface area contributed by atoms with Crippen molar-refractivity contribution in [1.29, 1.82) is 0 Å². The van der Waals surface area contributed by atoms with E-state index in [1.54, 1.807) is 18.2 Å². The third kappa shape index (κ3) is 2.68. The Bertz CT molecular complexity index is 476. The van der Waals surface area contributed by atoms with Crippen LogP contribution in [0.5, 0.6) is 0 Å². The van der Waals surface area contributed by atoms with Crippen LogP contribution in [-0.2, 0) is 9.53 Å². The summed E-state index contributed by atoms with van der Waals surface area (Å²) < 4.78 is 4.64. The highest BCUT2D eigenvalue weighted by Gasteiger charge is 2.28. The van der Waals surface area contributed by atoms with E-state index in [2.05, 4.69) is 15.4 Å². The molecule has 0 radical (unpaired) electrons. The third-order valence-electron chi connectivity index (χ3n) is 2.44. The minimum absolute atomic E-state index is 0.0529. The molecule has 0 aromatic heterocycles. The molecule has 0 saturated carbocycles. The Morgan fingerprint density at radius 3 is 2.94 bits per heavy atom. The van der Waals surface area contributed by atoms with Crippen molar-refractivity contribution < 1.29 is 14.3 Å². The summed E-state index contributed by atoms with van der Waals surface area (Å²) in [4.78, 5) is 22.5. The Hall–Kier alpha value is -1.75. The summed E-state index contributed by atoms with van der Waals surface area (Å²) in [6, 6.07) is 4.51. The van der Waals surface area contributed by atoms with Crippen molar-refractivity contribution in [2.75, 3.05) is 11.9 Å². The first-order valence-electron chi connectivity index (χ1n) is 5.06. The number of carbonyl (C=O) groups excluding carboxylic acids is 2. The number of alkyl carbamates (subject to hydrolysis) is 1. The van der Waals surface area contributed by atoms with Crippen molar-refractivity contribution in [3.63, 3.8) is 0 Å². The first-order valence-corrected chi connectivity index (χ1v) is 5.44. The normalized spacial score (nSPS) is 18.5. The topological polar surface area (TPSA) is 67.4 Å². The van der Waals surface area contributed by atoms with E-state index in [0.29, 0.717) is 10.7 Å². The van der Waals surface area contributed by atoms with Gasteiger partial charge in [0.2, 0.25) is 0 Å². The van der Waals surface area contributed by atoms with Crippen LogP contribution in [0.3, 0.4) is 0 Å². The zero-order chi connectivity index (χ0) is 12.4. The van der Waals surface area contributed by atoms with Crippen LogP contribution in [0.1, 0.15) is 5.56 Å². The lowest BCUT2D eigenvalue weighted by Gasteiger charge is -2.11. The molecular formula is C11H11ClN2O3. The molecule has 0 aliphatic carbocycles. The van der Waals surface area contributed by atoms with Crippen molar-refractivity contribution in [2.45, 2.75) is 13.0 Å². The number of aryl methyl sites for hydroxylation is 1. The van der Waals surface area contributed by atoms with Gasteiger partial charge in [-0.25, -0.2) is 4.79 Å². The van der Waals surface area contributed by atoms with Crippen molar-refractivity contribution in [1.82, 2.24) is 5.32 Å². The molecule has 2 amide bonds. The van der Waals surface area contributed by atoms with Crippen molar-refractivity contribution >= 4 is 29.3 Å². The van der Waals surface area contributed by atoms with Crippen LogP contribution in [0.25, 0.3) is 0 Å². The van der Waals surface area contributed by atoms with Gasteiger partial charge in [0.25, 0.3) is 5.91 Å². The fourth-order valence-electron chi connectivity index (χ4n) is 1.51. The predicted octanol–water partition coefficient (Wildman–Crippen LogP) is 1.70. The monoisotopic (exact) mass is 254 g/mol. The Morgan fingerprint density at radius 1 is 1.59 bits per heavy atom. The standard InChI is InChI=1S/C11H11ClN2O3/c1-6-4-7(12)2-3-8(6)13-10(15)9-5-17-11(16)14-9/h2-4,9H,5H2,1H3,(H,13,15)(H,14,16). The average molecular weight is 255 g/mol. The maximum atomic E-state index is 11.8. The largest absolute Gasteiger partial charge is 0.447 e. The molecule has 0 bridgehead atoms. The Balaban J connectivity index is 2.05. The summed E-state index contributed by atoms with van der Waals surface area (Å²) in [5, 5.41) is 5.72. The quantitative estimate of drug-likeness (QED) is 0.844. The van der Waals surface area contributed by atoms with E-state index in [4.69, 9.17) is 11.6 Å². The molecule has 2 N–H and O–H groups in total. The lowest BCUT2D eigenvalue weighted by molar-refractivity contribution is -0.117. The van der Waals surface area contributed by atoms with Gasteiger partial charge in [-0.1, -0.05) is 11.6 Å². The Morgan fingerprint density at radius 2 is 2.35 bits per heavy atom. The Labute approximate surface area is 103 Å². The summed E-state index contributed by atoms with van der Waals surface area (Å²) in [5.74, 6) is -0.304. The van der Waals surface area contributed by atoms with E-state index in [9.17, 15) is 9.59 Å². The number of nitrogens with one attached hydrogen (secondary N) is 2. The number of amides is 2. The van der Waals surface area contributed by atoms with E-state index in [1.165, 1.54) is 0 Å². The SMILES string of the molecule is Cc1cc(Cl)ccc1NC(=O)C1COC(=O)N1. The molecule has 1 unspecified atom stereocenters. The first-order chi connectivity index (χ1) is 8.06. The van der Waals surface area contributed by atoms with E-state index >= 15 is 0 Å². The van der Waals surface area contributed by atoms with Crippen LogP contribution >= 0.6 is 11.6 Å². The second-order valence-corrected chi connectivity index (χ2v) is 4.18. The zero-order valence-corrected chi connectivity index (χ0v) is 9.88. The summed E-state index contributed by atoms with van der Waals surface area (Å²) in [7, 11) is 0.